The molecule has 1 atom stereocenters. The van der Waals surface area contributed by atoms with E-state index in [4.69, 9.17) is 16.3 Å². The zero-order valence-corrected chi connectivity index (χ0v) is 22.4. The van der Waals surface area contributed by atoms with Crippen molar-refractivity contribution in [2.75, 3.05) is 30.8 Å². The molecular formula is C25H34ClN3O5S. The molecule has 0 bridgehead atoms. The van der Waals surface area contributed by atoms with Crippen molar-refractivity contribution < 1.29 is 22.7 Å². The SMILES string of the molecule is CCNC(=O)C(C)N(Cc1ccc(OC)cc1)C(=O)CCCN(c1cc(Cl)ccc1C)S(C)(=O)=O. The molecule has 35 heavy (non-hydrogen) atoms. The van der Waals surface area contributed by atoms with E-state index in [9.17, 15) is 18.0 Å². The Balaban J connectivity index is 2.19. The molecule has 2 amide bonds. The fourth-order valence-corrected chi connectivity index (χ4v) is 4.85. The number of amides is 2. The van der Waals surface area contributed by atoms with Gasteiger partial charge in [0, 0.05) is 31.1 Å². The van der Waals surface area contributed by atoms with Crippen molar-refractivity contribution in [3.8, 4) is 5.75 Å². The lowest BCUT2D eigenvalue weighted by Crippen LogP contribution is -2.47. The minimum absolute atomic E-state index is 0.0749. The molecule has 1 N–H and O–H groups in total. The van der Waals surface area contributed by atoms with Crippen molar-refractivity contribution in [1.29, 1.82) is 0 Å². The van der Waals surface area contributed by atoms with Crippen LogP contribution in [-0.4, -0.2) is 57.6 Å². The second-order valence-electron chi connectivity index (χ2n) is 8.31. The highest BCUT2D eigenvalue weighted by atomic mass is 35.5. The molecule has 0 aliphatic heterocycles. The van der Waals surface area contributed by atoms with Gasteiger partial charge in [0.25, 0.3) is 0 Å². The number of aryl methyl sites for hydroxylation is 1. The van der Waals surface area contributed by atoms with Crippen molar-refractivity contribution in [1.82, 2.24) is 10.2 Å². The van der Waals surface area contributed by atoms with Crippen LogP contribution in [0.4, 0.5) is 5.69 Å². The number of hydrogen-bond acceptors (Lipinski definition) is 5. The second-order valence-corrected chi connectivity index (χ2v) is 10.7. The highest BCUT2D eigenvalue weighted by Crippen LogP contribution is 2.27. The van der Waals surface area contributed by atoms with E-state index >= 15 is 0 Å². The van der Waals surface area contributed by atoms with Gasteiger partial charge < -0.3 is 15.0 Å². The summed E-state index contributed by atoms with van der Waals surface area (Å²) in [5.74, 6) is 0.207. The maximum atomic E-state index is 13.2. The fourth-order valence-electron chi connectivity index (χ4n) is 3.67. The van der Waals surface area contributed by atoms with Crippen LogP contribution in [0.5, 0.6) is 5.75 Å². The molecule has 10 heteroatoms. The molecule has 2 rings (SSSR count). The third-order valence-electron chi connectivity index (χ3n) is 5.62. The normalized spacial score (nSPS) is 12.1. The highest BCUT2D eigenvalue weighted by Gasteiger charge is 2.26. The lowest BCUT2D eigenvalue weighted by molar-refractivity contribution is -0.140. The largest absolute Gasteiger partial charge is 0.497 e. The molecule has 8 nitrogen and oxygen atoms in total. The van der Waals surface area contributed by atoms with Gasteiger partial charge in [0.05, 0.1) is 19.1 Å². The summed E-state index contributed by atoms with van der Waals surface area (Å²) < 4.78 is 31.4. The molecule has 2 aromatic rings. The van der Waals surface area contributed by atoms with Crippen molar-refractivity contribution >= 4 is 39.1 Å². The van der Waals surface area contributed by atoms with Crippen LogP contribution in [0.25, 0.3) is 0 Å². The van der Waals surface area contributed by atoms with Crippen LogP contribution in [0.2, 0.25) is 5.02 Å². The molecular weight excluding hydrogens is 490 g/mol. The van der Waals surface area contributed by atoms with Gasteiger partial charge in [0.15, 0.2) is 0 Å². The van der Waals surface area contributed by atoms with E-state index in [0.29, 0.717) is 23.0 Å². The molecule has 0 heterocycles. The third-order valence-corrected chi connectivity index (χ3v) is 7.04. The predicted molar refractivity (Wildman–Crippen MR) is 139 cm³/mol. The van der Waals surface area contributed by atoms with Crippen LogP contribution in [0.15, 0.2) is 42.5 Å². The Morgan fingerprint density at radius 1 is 1.14 bits per heavy atom. The van der Waals surface area contributed by atoms with Gasteiger partial charge in [-0.05, 0) is 62.6 Å². The maximum Gasteiger partial charge on any atom is 0.242 e. The molecule has 2 aromatic carbocycles. The predicted octanol–water partition coefficient (Wildman–Crippen LogP) is 3.76. The molecule has 0 radical (unpaired) electrons. The van der Waals surface area contributed by atoms with Crippen molar-refractivity contribution in [2.24, 2.45) is 0 Å². The number of likely N-dealkylation sites (N-methyl/N-ethyl adjacent to an activating group) is 1. The van der Waals surface area contributed by atoms with E-state index in [1.807, 2.05) is 19.1 Å². The van der Waals surface area contributed by atoms with Crippen LogP contribution < -0.4 is 14.4 Å². The summed E-state index contributed by atoms with van der Waals surface area (Å²) in [6, 6.07) is 11.7. The van der Waals surface area contributed by atoms with E-state index in [-0.39, 0.29) is 37.7 Å². The van der Waals surface area contributed by atoms with Crippen molar-refractivity contribution in [3.05, 3.63) is 58.6 Å². The molecule has 0 aromatic heterocycles. The number of hydrogen-bond donors (Lipinski definition) is 1. The van der Waals surface area contributed by atoms with E-state index in [0.717, 1.165) is 17.4 Å². The van der Waals surface area contributed by atoms with E-state index in [2.05, 4.69) is 5.32 Å². The minimum Gasteiger partial charge on any atom is -0.497 e. The van der Waals surface area contributed by atoms with E-state index in [1.54, 1.807) is 51.3 Å². The summed E-state index contributed by atoms with van der Waals surface area (Å²) in [5, 5.41) is 3.19. The molecule has 0 fully saturated rings. The van der Waals surface area contributed by atoms with Gasteiger partial charge in [-0.3, -0.25) is 13.9 Å². The number of nitrogens with one attached hydrogen (secondary N) is 1. The number of anilines is 1. The number of benzene rings is 2. The number of carbonyl (C=O) groups is 2. The number of methoxy groups -OCH3 is 1. The van der Waals surface area contributed by atoms with Crippen LogP contribution >= 0.6 is 11.6 Å². The topological polar surface area (TPSA) is 96.0 Å². The Labute approximate surface area is 213 Å². The summed E-state index contributed by atoms with van der Waals surface area (Å²) in [5.41, 5.74) is 2.10. The first kappa shape index (κ1) is 28.5. The van der Waals surface area contributed by atoms with Crippen LogP contribution in [0.3, 0.4) is 0 Å². The van der Waals surface area contributed by atoms with Gasteiger partial charge in [0.1, 0.15) is 11.8 Å². The van der Waals surface area contributed by atoms with Gasteiger partial charge in [-0.1, -0.05) is 29.8 Å². The zero-order chi connectivity index (χ0) is 26.2. The van der Waals surface area contributed by atoms with Gasteiger partial charge in [-0.15, -0.1) is 0 Å². The van der Waals surface area contributed by atoms with Crippen LogP contribution in [0, 0.1) is 6.92 Å². The monoisotopic (exact) mass is 523 g/mol. The Bertz CT molecular complexity index is 1120. The second kappa shape index (κ2) is 12.8. The first-order valence-corrected chi connectivity index (χ1v) is 13.6. The van der Waals surface area contributed by atoms with Crippen LogP contribution in [0.1, 0.15) is 37.8 Å². The zero-order valence-electron chi connectivity index (χ0n) is 20.9. The average Bonchev–Trinajstić information content (AvgIpc) is 2.81. The summed E-state index contributed by atoms with van der Waals surface area (Å²) in [6.45, 7) is 6.11. The number of ether oxygens (including phenoxy) is 1. The molecule has 0 aliphatic rings. The molecule has 0 spiro atoms. The third kappa shape index (κ3) is 8.14. The number of sulfonamides is 1. The molecule has 192 valence electrons. The van der Waals surface area contributed by atoms with Crippen LogP contribution in [-0.2, 0) is 26.2 Å². The molecule has 0 aliphatic carbocycles. The number of rotatable bonds is 12. The van der Waals surface area contributed by atoms with Crippen molar-refractivity contribution in [3.63, 3.8) is 0 Å². The molecule has 0 saturated carbocycles. The quantitative estimate of drug-likeness (QED) is 0.457. The van der Waals surface area contributed by atoms with Gasteiger partial charge >= 0.3 is 0 Å². The Morgan fingerprint density at radius 2 is 1.80 bits per heavy atom. The Kier molecular flexibility index (Phi) is 10.4. The summed E-state index contributed by atoms with van der Waals surface area (Å²) in [6.07, 6.45) is 1.48. The molecule has 0 saturated heterocycles. The Hall–Kier alpha value is -2.78. The first-order valence-electron chi connectivity index (χ1n) is 11.4. The van der Waals surface area contributed by atoms with Gasteiger partial charge in [-0.25, -0.2) is 8.42 Å². The first-order chi connectivity index (χ1) is 16.5. The standard InChI is InChI=1S/C25H34ClN3O5S/c1-6-27-25(31)19(3)28(17-20-10-13-22(34-4)14-11-20)24(30)8-7-15-29(35(5,32)33)23-16-21(26)12-9-18(23)2/h9-14,16,19H,6-8,15,17H2,1-5H3,(H,27,31). The fraction of sp³-hybridized carbons (Fsp3) is 0.440. The van der Waals surface area contributed by atoms with E-state index < -0.39 is 16.1 Å². The lowest BCUT2D eigenvalue weighted by Gasteiger charge is -2.29. The van der Waals surface area contributed by atoms with Crippen molar-refractivity contribution in [2.45, 2.75) is 46.2 Å². The van der Waals surface area contributed by atoms with Gasteiger partial charge in [-0.2, -0.15) is 0 Å². The minimum atomic E-state index is -3.59. The summed E-state index contributed by atoms with van der Waals surface area (Å²) in [7, 11) is -2.02. The maximum absolute atomic E-state index is 13.2. The number of nitrogens with zero attached hydrogens (tertiary/aromatic N) is 2. The lowest BCUT2D eigenvalue weighted by atomic mass is 10.1. The smallest absolute Gasteiger partial charge is 0.242 e. The summed E-state index contributed by atoms with van der Waals surface area (Å²) >= 11 is 6.10. The van der Waals surface area contributed by atoms with E-state index in [1.165, 1.54) is 9.21 Å². The number of carbonyl (C=O) groups excluding carboxylic acids is 2. The number of halogens is 1. The van der Waals surface area contributed by atoms with Gasteiger partial charge in [0.2, 0.25) is 21.8 Å². The summed E-state index contributed by atoms with van der Waals surface area (Å²) in [4.78, 5) is 27.3. The molecule has 1 unspecified atom stereocenters. The highest BCUT2D eigenvalue weighted by molar-refractivity contribution is 7.92. The Morgan fingerprint density at radius 3 is 2.37 bits per heavy atom. The average molecular weight is 524 g/mol.